The summed E-state index contributed by atoms with van der Waals surface area (Å²) in [4.78, 5) is 32.2. The molecular formula is C13H21N5O2S. The van der Waals surface area contributed by atoms with Gasteiger partial charge in [0.1, 0.15) is 17.2 Å². The van der Waals surface area contributed by atoms with Crippen LogP contribution < -0.4 is 11.1 Å². The number of nitrogen functional groups attached to an aromatic ring is 1. The van der Waals surface area contributed by atoms with E-state index in [1.165, 1.54) is 11.3 Å². The second kappa shape index (κ2) is 6.75. The molecule has 2 amide bonds. The Balaban J connectivity index is 2.11. The van der Waals surface area contributed by atoms with E-state index in [9.17, 15) is 9.59 Å². The molecule has 1 aromatic rings. The van der Waals surface area contributed by atoms with Gasteiger partial charge in [-0.15, -0.1) is 0 Å². The highest BCUT2D eigenvalue weighted by Gasteiger charge is 2.27. The number of aromatic nitrogens is 1. The average Bonchev–Trinajstić information content (AvgIpc) is 2.74. The quantitative estimate of drug-likeness (QED) is 0.860. The number of nitrogens with zero attached hydrogens (tertiary/aromatic N) is 3. The van der Waals surface area contributed by atoms with Gasteiger partial charge in [-0.1, -0.05) is 18.3 Å². The van der Waals surface area contributed by atoms with E-state index in [2.05, 4.69) is 17.2 Å². The zero-order chi connectivity index (χ0) is 15.4. The largest absolute Gasteiger partial charge is 0.382 e. The first-order chi connectivity index (χ1) is 10.0. The lowest BCUT2D eigenvalue weighted by Gasteiger charge is -2.18. The highest BCUT2D eigenvalue weighted by Crippen LogP contribution is 2.26. The van der Waals surface area contributed by atoms with Crippen molar-refractivity contribution in [2.45, 2.75) is 19.8 Å². The Morgan fingerprint density at radius 3 is 2.95 bits per heavy atom. The summed E-state index contributed by atoms with van der Waals surface area (Å²) in [6.45, 7) is 4.17. The molecule has 1 aliphatic rings. The topological polar surface area (TPSA) is 91.6 Å². The summed E-state index contributed by atoms with van der Waals surface area (Å²) in [5.74, 6) is -0.0277. The standard InChI is InChI=1S/C13H21N5O2S/c1-3-5-15-13-16-11(14)10(21-13)12(20)18-7-4-6-17(2)9(19)8-18/h3-8,14H2,1-2H3,(H,15,16). The fraction of sp³-hybridized carbons (Fsp3) is 0.615. The molecule has 0 aliphatic carbocycles. The predicted molar refractivity (Wildman–Crippen MR) is 83.5 cm³/mol. The summed E-state index contributed by atoms with van der Waals surface area (Å²) in [5.41, 5.74) is 5.84. The number of rotatable bonds is 4. The average molecular weight is 311 g/mol. The fourth-order valence-electron chi connectivity index (χ4n) is 2.10. The number of thiazole rings is 1. The molecule has 1 aromatic heterocycles. The molecular weight excluding hydrogens is 290 g/mol. The number of likely N-dealkylation sites (N-methyl/N-ethyl adjacent to an activating group) is 1. The summed E-state index contributed by atoms with van der Waals surface area (Å²) < 4.78 is 0. The monoisotopic (exact) mass is 311 g/mol. The third-order valence-corrected chi connectivity index (χ3v) is 4.35. The van der Waals surface area contributed by atoms with Crippen LogP contribution in [0.1, 0.15) is 29.4 Å². The van der Waals surface area contributed by atoms with E-state index in [0.717, 1.165) is 19.4 Å². The van der Waals surface area contributed by atoms with Gasteiger partial charge in [0.05, 0.1) is 0 Å². The normalized spacial score (nSPS) is 16.0. The minimum absolute atomic E-state index is 0.0479. The van der Waals surface area contributed by atoms with Gasteiger partial charge in [-0.3, -0.25) is 9.59 Å². The van der Waals surface area contributed by atoms with Crippen molar-refractivity contribution >= 4 is 34.1 Å². The Kier molecular flexibility index (Phi) is 5.00. The lowest BCUT2D eigenvalue weighted by Crippen LogP contribution is -2.37. The van der Waals surface area contributed by atoms with E-state index in [1.54, 1.807) is 16.8 Å². The maximum atomic E-state index is 12.5. The van der Waals surface area contributed by atoms with Crippen molar-refractivity contribution in [3.8, 4) is 0 Å². The molecule has 1 saturated heterocycles. The van der Waals surface area contributed by atoms with Crippen molar-refractivity contribution in [1.82, 2.24) is 14.8 Å². The van der Waals surface area contributed by atoms with Gasteiger partial charge in [0.25, 0.3) is 5.91 Å². The number of carbonyl (C=O) groups is 2. The van der Waals surface area contributed by atoms with Crippen molar-refractivity contribution in [2.75, 3.05) is 44.3 Å². The van der Waals surface area contributed by atoms with Crippen LogP contribution in [-0.4, -0.2) is 59.8 Å². The van der Waals surface area contributed by atoms with E-state index in [1.807, 2.05) is 0 Å². The zero-order valence-corrected chi connectivity index (χ0v) is 13.2. The number of carbonyl (C=O) groups excluding carboxylic acids is 2. The van der Waals surface area contributed by atoms with Gasteiger partial charge in [0.2, 0.25) is 5.91 Å². The van der Waals surface area contributed by atoms with Crippen molar-refractivity contribution in [1.29, 1.82) is 0 Å². The van der Waals surface area contributed by atoms with Gasteiger partial charge < -0.3 is 20.9 Å². The third kappa shape index (κ3) is 3.63. The summed E-state index contributed by atoms with van der Waals surface area (Å²) in [6, 6.07) is 0. The van der Waals surface area contributed by atoms with Crippen molar-refractivity contribution < 1.29 is 9.59 Å². The van der Waals surface area contributed by atoms with Gasteiger partial charge >= 0.3 is 0 Å². The first kappa shape index (κ1) is 15.6. The number of hydrogen-bond acceptors (Lipinski definition) is 6. The van der Waals surface area contributed by atoms with Gasteiger partial charge in [-0.05, 0) is 12.8 Å². The van der Waals surface area contributed by atoms with Crippen LogP contribution >= 0.6 is 11.3 Å². The highest BCUT2D eigenvalue weighted by molar-refractivity contribution is 7.18. The SMILES string of the molecule is CCCNc1nc(N)c(C(=O)N2CCCN(C)C(=O)C2)s1. The molecule has 0 atom stereocenters. The van der Waals surface area contributed by atoms with E-state index >= 15 is 0 Å². The van der Waals surface area contributed by atoms with Gasteiger partial charge in [0, 0.05) is 26.7 Å². The second-order valence-electron chi connectivity index (χ2n) is 5.06. The molecule has 1 fully saturated rings. The minimum Gasteiger partial charge on any atom is -0.382 e. The first-order valence-electron chi connectivity index (χ1n) is 7.06. The molecule has 0 aromatic carbocycles. The van der Waals surface area contributed by atoms with Crippen LogP contribution in [0, 0.1) is 0 Å². The van der Waals surface area contributed by atoms with Gasteiger partial charge in [-0.2, -0.15) is 0 Å². The summed E-state index contributed by atoms with van der Waals surface area (Å²) in [5, 5.41) is 3.77. The molecule has 8 heteroatoms. The van der Waals surface area contributed by atoms with Crippen molar-refractivity contribution in [3.05, 3.63) is 4.88 Å². The van der Waals surface area contributed by atoms with E-state index in [-0.39, 0.29) is 24.2 Å². The van der Waals surface area contributed by atoms with Crippen molar-refractivity contribution in [3.63, 3.8) is 0 Å². The Morgan fingerprint density at radius 2 is 2.24 bits per heavy atom. The van der Waals surface area contributed by atoms with Crippen LogP contribution in [0.2, 0.25) is 0 Å². The Hall–Kier alpha value is -1.83. The molecule has 116 valence electrons. The lowest BCUT2D eigenvalue weighted by molar-refractivity contribution is -0.129. The number of anilines is 2. The molecule has 7 nitrogen and oxygen atoms in total. The number of nitrogens with two attached hydrogens (primary N) is 1. The summed E-state index contributed by atoms with van der Waals surface area (Å²) in [7, 11) is 1.75. The molecule has 0 saturated carbocycles. The van der Waals surface area contributed by atoms with Gasteiger partial charge in [0.15, 0.2) is 5.13 Å². The van der Waals surface area contributed by atoms with Crippen LogP contribution in [0.15, 0.2) is 0 Å². The summed E-state index contributed by atoms with van der Waals surface area (Å²) >= 11 is 1.25. The minimum atomic E-state index is -0.210. The number of amides is 2. The lowest BCUT2D eigenvalue weighted by atomic mass is 10.3. The third-order valence-electron chi connectivity index (χ3n) is 3.33. The Morgan fingerprint density at radius 1 is 1.48 bits per heavy atom. The van der Waals surface area contributed by atoms with E-state index in [0.29, 0.717) is 23.1 Å². The van der Waals surface area contributed by atoms with Gasteiger partial charge in [-0.25, -0.2) is 4.98 Å². The smallest absolute Gasteiger partial charge is 0.268 e. The Bertz CT molecular complexity index is 531. The van der Waals surface area contributed by atoms with Crippen LogP contribution in [0.5, 0.6) is 0 Å². The molecule has 21 heavy (non-hydrogen) atoms. The first-order valence-corrected chi connectivity index (χ1v) is 7.88. The number of hydrogen-bond donors (Lipinski definition) is 2. The molecule has 2 rings (SSSR count). The van der Waals surface area contributed by atoms with E-state index in [4.69, 9.17) is 5.73 Å². The fourth-order valence-corrected chi connectivity index (χ4v) is 2.97. The molecule has 1 aliphatic heterocycles. The molecule has 3 N–H and O–H groups in total. The van der Waals surface area contributed by atoms with Crippen LogP contribution in [-0.2, 0) is 4.79 Å². The highest BCUT2D eigenvalue weighted by atomic mass is 32.1. The molecule has 0 bridgehead atoms. The molecule has 0 radical (unpaired) electrons. The van der Waals surface area contributed by atoms with Crippen LogP contribution in [0.4, 0.5) is 10.9 Å². The van der Waals surface area contributed by atoms with Crippen molar-refractivity contribution in [2.24, 2.45) is 0 Å². The maximum Gasteiger partial charge on any atom is 0.268 e. The predicted octanol–water partition coefficient (Wildman–Crippen LogP) is 0.851. The Labute approximate surface area is 128 Å². The van der Waals surface area contributed by atoms with Crippen LogP contribution in [0.3, 0.4) is 0 Å². The zero-order valence-electron chi connectivity index (χ0n) is 12.4. The molecule has 0 spiro atoms. The molecule has 2 heterocycles. The van der Waals surface area contributed by atoms with E-state index < -0.39 is 0 Å². The maximum absolute atomic E-state index is 12.5. The second-order valence-corrected chi connectivity index (χ2v) is 6.05. The molecule has 0 unspecified atom stereocenters. The van der Waals surface area contributed by atoms with Crippen LogP contribution in [0.25, 0.3) is 0 Å². The number of nitrogens with one attached hydrogen (secondary N) is 1. The summed E-state index contributed by atoms with van der Waals surface area (Å²) in [6.07, 6.45) is 1.74.